The van der Waals surface area contributed by atoms with Crippen molar-refractivity contribution in [2.45, 2.75) is 64.7 Å². The van der Waals surface area contributed by atoms with Crippen LogP contribution in [-0.2, 0) is 9.84 Å². The standard InChI is InChI=1S/C14H25NO2S/c1-2-3-4-5-6-7-8-9-14(12-15)10-11-18(16,17)13-14/h2-11,13H2,1H3. The molecule has 0 aliphatic carbocycles. The number of hydrogen-bond donors (Lipinski definition) is 0. The van der Waals surface area contributed by atoms with Crippen molar-refractivity contribution in [1.29, 1.82) is 5.26 Å². The molecule has 3 nitrogen and oxygen atoms in total. The van der Waals surface area contributed by atoms with E-state index in [4.69, 9.17) is 0 Å². The van der Waals surface area contributed by atoms with Gasteiger partial charge < -0.3 is 0 Å². The number of sulfone groups is 1. The van der Waals surface area contributed by atoms with Crippen LogP contribution in [0.1, 0.15) is 64.7 Å². The van der Waals surface area contributed by atoms with Crippen LogP contribution in [0.4, 0.5) is 0 Å². The topological polar surface area (TPSA) is 57.9 Å². The molecule has 104 valence electrons. The third kappa shape index (κ3) is 4.97. The SMILES string of the molecule is CCCCCCCCCC1(C#N)CCS(=O)(=O)C1. The third-order valence-electron chi connectivity index (χ3n) is 3.88. The predicted molar refractivity (Wildman–Crippen MR) is 73.9 cm³/mol. The van der Waals surface area contributed by atoms with Crippen molar-refractivity contribution in [3.8, 4) is 6.07 Å². The maximum Gasteiger partial charge on any atom is 0.151 e. The molecule has 0 bridgehead atoms. The zero-order valence-corrected chi connectivity index (χ0v) is 12.3. The molecule has 0 amide bonds. The molecule has 0 aromatic heterocycles. The molecule has 0 aromatic rings. The molecule has 1 heterocycles. The van der Waals surface area contributed by atoms with Crippen LogP contribution in [0.25, 0.3) is 0 Å². The van der Waals surface area contributed by atoms with E-state index in [1.807, 2.05) is 0 Å². The summed E-state index contributed by atoms with van der Waals surface area (Å²) in [4.78, 5) is 0. The number of nitrogens with zero attached hydrogens (tertiary/aromatic N) is 1. The highest BCUT2D eigenvalue weighted by molar-refractivity contribution is 7.91. The summed E-state index contributed by atoms with van der Waals surface area (Å²) in [7, 11) is -2.94. The minimum Gasteiger partial charge on any atom is -0.229 e. The Hall–Kier alpha value is -0.560. The van der Waals surface area contributed by atoms with Crippen LogP contribution < -0.4 is 0 Å². The van der Waals surface area contributed by atoms with Crippen LogP contribution in [0.15, 0.2) is 0 Å². The Morgan fingerprint density at radius 2 is 1.72 bits per heavy atom. The average molecular weight is 271 g/mol. The molecule has 0 spiro atoms. The van der Waals surface area contributed by atoms with Crippen molar-refractivity contribution in [3.05, 3.63) is 0 Å². The van der Waals surface area contributed by atoms with E-state index in [0.717, 1.165) is 19.3 Å². The number of unbranched alkanes of at least 4 members (excludes halogenated alkanes) is 6. The second kappa shape index (κ2) is 7.13. The van der Waals surface area contributed by atoms with Gasteiger partial charge in [0.2, 0.25) is 0 Å². The van der Waals surface area contributed by atoms with Crippen molar-refractivity contribution >= 4 is 9.84 Å². The zero-order chi connectivity index (χ0) is 13.5. The lowest BCUT2D eigenvalue weighted by molar-refractivity contribution is 0.390. The fraction of sp³-hybridized carbons (Fsp3) is 0.929. The van der Waals surface area contributed by atoms with Crippen molar-refractivity contribution in [2.75, 3.05) is 11.5 Å². The van der Waals surface area contributed by atoms with Crippen molar-refractivity contribution in [3.63, 3.8) is 0 Å². The van der Waals surface area contributed by atoms with Gasteiger partial charge in [-0.05, 0) is 12.8 Å². The third-order valence-corrected chi connectivity index (χ3v) is 5.70. The average Bonchev–Trinajstić information content (AvgIpc) is 2.65. The van der Waals surface area contributed by atoms with Crippen molar-refractivity contribution in [1.82, 2.24) is 0 Å². The molecule has 0 radical (unpaired) electrons. The lowest BCUT2D eigenvalue weighted by Crippen LogP contribution is -2.20. The van der Waals surface area contributed by atoms with Crippen molar-refractivity contribution < 1.29 is 8.42 Å². The Morgan fingerprint density at radius 1 is 1.11 bits per heavy atom. The van der Waals surface area contributed by atoms with Gasteiger partial charge in [-0.25, -0.2) is 8.42 Å². The highest BCUT2D eigenvalue weighted by atomic mass is 32.2. The van der Waals surface area contributed by atoms with Crippen molar-refractivity contribution in [2.24, 2.45) is 5.41 Å². The molecule has 1 aliphatic heterocycles. The van der Waals surface area contributed by atoms with Gasteiger partial charge in [0.05, 0.1) is 23.0 Å². The van der Waals surface area contributed by atoms with E-state index in [2.05, 4.69) is 13.0 Å². The van der Waals surface area contributed by atoms with E-state index < -0.39 is 15.3 Å². The molecule has 0 saturated carbocycles. The Balaban J connectivity index is 2.20. The number of hydrogen-bond acceptors (Lipinski definition) is 3. The molecule has 1 saturated heterocycles. The minimum absolute atomic E-state index is 0.0896. The molecule has 1 aliphatic rings. The second-order valence-corrected chi connectivity index (χ2v) is 7.79. The quantitative estimate of drug-likeness (QED) is 0.635. The molecule has 1 unspecified atom stereocenters. The monoisotopic (exact) mass is 271 g/mol. The fourth-order valence-corrected chi connectivity index (χ4v) is 4.72. The Morgan fingerprint density at radius 3 is 2.22 bits per heavy atom. The molecular weight excluding hydrogens is 246 g/mol. The summed E-state index contributed by atoms with van der Waals surface area (Å²) in [6.07, 6.45) is 9.78. The summed E-state index contributed by atoms with van der Waals surface area (Å²) in [6.45, 7) is 2.21. The van der Waals surface area contributed by atoms with Gasteiger partial charge in [0.15, 0.2) is 9.84 Å². The Kier molecular flexibility index (Phi) is 6.14. The van der Waals surface area contributed by atoms with Crippen LogP contribution in [-0.4, -0.2) is 19.9 Å². The van der Waals surface area contributed by atoms with Crippen LogP contribution in [0.3, 0.4) is 0 Å². The van der Waals surface area contributed by atoms with Crippen LogP contribution in [0.5, 0.6) is 0 Å². The highest BCUT2D eigenvalue weighted by Gasteiger charge is 2.41. The highest BCUT2D eigenvalue weighted by Crippen LogP contribution is 2.36. The lowest BCUT2D eigenvalue weighted by Gasteiger charge is -2.17. The van der Waals surface area contributed by atoms with Crippen LogP contribution in [0, 0.1) is 16.7 Å². The summed E-state index contributed by atoms with van der Waals surface area (Å²) in [6, 6.07) is 2.27. The summed E-state index contributed by atoms with van der Waals surface area (Å²) >= 11 is 0. The number of rotatable bonds is 8. The molecule has 0 aromatic carbocycles. The maximum absolute atomic E-state index is 11.5. The van der Waals surface area contributed by atoms with Gasteiger partial charge in [0.25, 0.3) is 0 Å². The molecule has 1 atom stereocenters. The van der Waals surface area contributed by atoms with E-state index >= 15 is 0 Å². The smallest absolute Gasteiger partial charge is 0.151 e. The van der Waals surface area contributed by atoms with Gasteiger partial charge in [0, 0.05) is 0 Å². The Bertz CT molecular complexity index is 383. The number of nitriles is 1. The molecular formula is C14H25NO2S. The minimum atomic E-state index is -2.94. The van der Waals surface area contributed by atoms with E-state index in [1.54, 1.807) is 0 Å². The molecule has 0 N–H and O–H groups in total. The zero-order valence-electron chi connectivity index (χ0n) is 11.5. The van der Waals surface area contributed by atoms with Gasteiger partial charge in [-0.3, -0.25) is 0 Å². The normalized spacial score (nSPS) is 26.0. The predicted octanol–water partition coefficient (Wildman–Crippen LogP) is 3.46. The van der Waals surface area contributed by atoms with E-state index in [0.29, 0.717) is 6.42 Å². The first-order chi connectivity index (χ1) is 8.54. The van der Waals surface area contributed by atoms with E-state index in [9.17, 15) is 13.7 Å². The molecule has 1 rings (SSSR count). The van der Waals surface area contributed by atoms with Gasteiger partial charge in [-0.15, -0.1) is 0 Å². The Labute approximate surface area is 111 Å². The van der Waals surface area contributed by atoms with E-state index in [1.165, 1.54) is 32.1 Å². The van der Waals surface area contributed by atoms with Crippen LogP contribution in [0.2, 0.25) is 0 Å². The van der Waals surface area contributed by atoms with Gasteiger partial charge in [0.1, 0.15) is 0 Å². The van der Waals surface area contributed by atoms with Gasteiger partial charge in [-0.2, -0.15) is 5.26 Å². The first kappa shape index (κ1) is 15.5. The lowest BCUT2D eigenvalue weighted by atomic mass is 9.83. The van der Waals surface area contributed by atoms with Gasteiger partial charge in [-0.1, -0.05) is 51.9 Å². The second-order valence-electron chi connectivity index (χ2n) is 5.61. The fourth-order valence-electron chi connectivity index (χ4n) is 2.68. The largest absolute Gasteiger partial charge is 0.229 e. The molecule has 4 heteroatoms. The van der Waals surface area contributed by atoms with Gasteiger partial charge >= 0.3 is 0 Å². The van der Waals surface area contributed by atoms with Crippen LogP contribution >= 0.6 is 0 Å². The first-order valence-electron chi connectivity index (χ1n) is 7.15. The summed E-state index contributed by atoms with van der Waals surface area (Å²) in [5.74, 6) is 0.295. The molecule has 18 heavy (non-hydrogen) atoms. The maximum atomic E-state index is 11.5. The first-order valence-corrected chi connectivity index (χ1v) is 8.97. The molecule has 1 fully saturated rings. The summed E-state index contributed by atoms with van der Waals surface area (Å²) in [5, 5.41) is 9.21. The summed E-state index contributed by atoms with van der Waals surface area (Å²) < 4.78 is 22.9. The van der Waals surface area contributed by atoms with E-state index in [-0.39, 0.29) is 11.5 Å². The summed E-state index contributed by atoms with van der Waals surface area (Å²) in [5.41, 5.74) is -0.567.